The first-order chi connectivity index (χ1) is 14.6. The minimum absolute atomic E-state index is 0.0165. The number of amides is 2. The number of nitrogens with zero attached hydrogens (tertiary/aromatic N) is 2. The van der Waals surface area contributed by atoms with Gasteiger partial charge in [-0.05, 0) is 42.3 Å². The number of carbonyl (C=O) groups is 2. The Kier molecular flexibility index (Phi) is 8.87. The topological polar surface area (TPSA) is 100 Å². The molecule has 0 aliphatic rings. The van der Waals surface area contributed by atoms with Gasteiger partial charge in [0.05, 0.1) is 6.54 Å². The van der Waals surface area contributed by atoms with Gasteiger partial charge in [0.25, 0.3) is 0 Å². The minimum atomic E-state index is -1.01. The van der Waals surface area contributed by atoms with E-state index in [0.29, 0.717) is 17.3 Å². The number of carbonyl (C=O) groups excluding carboxylic acids is 2. The minimum Gasteiger partial charge on any atom is -0.384 e. The van der Waals surface area contributed by atoms with Crippen molar-refractivity contribution in [1.29, 1.82) is 0 Å². The Morgan fingerprint density at radius 1 is 1.13 bits per heavy atom. The fourth-order valence-electron chi connectivity index (χ4n) is 3.14. The molecule has 0 unspecified atom stereocenters. The Bertz CT molecular complexity index is 890. The number of aromatic nitrogens is 1. The molecule has 2 rings (SSSR count). The molecule has 2 amide bonds. The number of hydrogen-bond acceptors (Lipinski definition) is 5. The number of nitrogens with one attached hydrogen (secondary N) is 2. The van der Waals surface area contributed by atoms with E-state index in [4.69, 9.17) is 5.73 Å². The number of hydrogen-bond donors (Lipinski definition) is 3. The number of likely N-dealkylation sites (N-methyl/N-ethyl adjacent to an activating group) is 1. The van der Waals surface area contributed by atoms with E-state index in [9.17, 15) is 18.4 Å². The van der Waals surface area contributed by atoms with Crippen molar-refractivity contribution in [1.82, 2.24) is 20.5 Å². The highest BCUT2D eigenvalue weighted by Gasteiger charge is 2.22. The predicted molar refractivity (Wildman–Crippen MR) is 115 cm³/mol. The van der Waals surface area contributed by atoms with E-state index in [1.807, 2.05) is 25.8 Å². The van der Waals surface area contributed by atoms with Crippen molar-refractivity contribution in [3.63, 3.8) is 0 Å². The third-order valence-electron chi connectivity index (χ3n) is 4.48. The molecule has 31 heavy (non-hydrogen) atoms. The molecule has 0 bridgehead atoms. The van der Waals surface area contributed by atoms with Crippen LogP contribution in [-0.2, 0) is 22.6 Å². The average molecular weight is 434 g/mol. The van der Waals surface area contributed by atoms with E-state index < -0.39 is 23.6 Å². The number of nitrogens with two attached hydrogens (primary N) is 1. The molecule has 1 aromatic heterocycles. The van der Waals surface area contributed by atoms with Gasteiger partial charge in [0, 0.05) is 25.7 Å². The van der Waals surface area contributed by atoms with Gasteiger partial charge in [0.1, 0.15) is 11.9 Å². The molecule has 0 radical (unpaired) electrons. The summed E-state index contributed by atoms with van der Waals surface area (Å²) in [5.41, 5.74) is 6.68. The Morgan fingerprint density at radius 3 is 2.45 bits per heavy atom. The summed E-state index contributed by atoms with van der Waals surface area (Å²) < 4.78 is 26.8. The highest BCUT2D eigenvalue weighted by Crippen LogP contribution is 2.11. The molecule has 7 nitrogen and oxygen atoms in total. The molecule has 4 N–H and O–H groups in total. The molecule has 0 spiro atoms. The SMILES string of the molecule is CC(C)CN(C)CC(=O)N[C@@H](Cc1ccc(F)c(F)c1)C(=O)NCc1ccc(N)nc1. The third-order valence-corrected chi connectivity index (χ3v) is 4.48. The largest absolute Gasteiger partial charge is 0.384 e. The van der Waals surface area contributed by atoms with Crippen LogP contribution in [0.4, 0.5) is 14.6 Å². The zero-order valence-corrected chi connectivity index (χ0v) is 18.0. The van der Waals surface area contributed by atoms with Gasteiger partial charge in [-0.3, -0.25) is 14.5 Å². The first-order valence-corrected chi connectivity index (χ1v) is 10.0. The molecular formula is C22H29F2N5O2. The Hall–Kier alpha value is -3.07. The van der Waals surface area contributed by atoms with Gasteiger partial charge < -0.3 is 16.4 Å². The number of rotatable bonds is 10. The van der Waals surface area contributed by atoms with Crippen LogP contribution in [0.1, 0.15) is 25.0 Å². The van der Waals surface area contributed by atoms with Crippen molar-refractivity contribution in [2.45, 2.75) is 32.9 Å². The summed E-state index contributed by atoms with van der Waals surface area (Å²) in [5, 5.41) is 5.44. The fraction of sp³-hybridized carbons (Fsp3) is 0.409. The van der Waals surface area contributed by atoms with Crippen molar-refractivity contribution in [3.05, 3.63) is 59.3 Å². The summed E-state index contributed by atoms with van der Waals surface area (Å²) in [7, 11) is 1.82. The van der Waals surface area contributed by atoms with Crippen molar-refractivity contribution in [2.24, 2.45) is 5.92 Å². The summed E-state index contributed by atoms with van der Waals surface area (Å²) in [6.07, 6.45) is 1.56. The number of anilines is 1. The zero-order valence-electron chi connectivity index (χ0n) is 18.0. The third kappa shape index (κ3) is 8.29. The van der Waals surface area contributed by atoms with Crippen LogP contribution in [0.25, 0.3) is 0 Å². The van der Waals surface area contributed by atoms with Crippen LogP contribution in [0.5, 0.6) is 0 Å². The first kappa shape index (κ1) is 24.2. The van der Waals surface area contributed by atoms with E-state index in [1.165, 1.54) is 6.07 Å². The van der Waals surface area contributed by atoms with E-state index in [2.05, 4.69) is 15.6 Å². The molecule has 0 saturated carbocycles. The van der Waals surface area contributed by atoms with Gasteiger partial charge in [-0.2, -0.15) is 0 Å². The van der Waals surface area contributed by atoms with Crippen LogP contribution >= 0.6 is 0 Å². The normalized spacial score (nSPS) is 12.1. The van der Waals surface area contributed by atoms with Gasteiger partial charge in [-0.1, -0.05) is 26.0 Å². The van der Waals surface area contributed by atoms with Crippen molar-refractivity contribution >= 4 is 17.6 Å². The van der Waals surface area contributed by atoms with Crippen LogP contribution in [0, 0.1) is 17.6 Å². The standard InChI is InChI=1S/C22H29F2N5O2/c1-14(2)12-29(3)13-21(30)28-19(9-15-4-6-17(23)18(24)8-15)22(31)27-11-16-5-7-20(25)26-10-16/h4-8,10,14,19H,9,11-13H2,1-3H3,(H2,25,26)(H,27,31)(H,28,30)/t19-/m0/s1. The highest BCUT2D eigenvalue weighted by atomic mass is 19.2. The van der Waals surface area contributed by atoms with Crippen molar-refractivity contribution in [3.8, 4) is 0 Å². The Labute approximate surface area is 181 Å². The van der Waals surface area contributed by atoms with Crippen LogP contribution < -0.4 is 16.4 Å². The molecule has 1 atom stereocenters. The van der Waals surface area contributed by atoms with Gasteiger partial charge in [-0.15, -0.1) is 0 Å². The number of halogens is 2. The van der Waals surface area contributed by atoms with Crippen molar-refractivity contribution in [2.75, 3.05) is 25.9 Å². The lowest BCUT2D eigenvalue weighted by Crippen LogP contribution is -2.50. The second kappa shape index (κ2) is 11.4. The van der Waals surface area contributed by atoms with Gasteiger partial charge >= 0.3 is 0 Å². The molecule has 1 aromatic carbocycles. The molecule has 1 heterocycles. The summed E-state index contributed by atoms with van der Waals surface area (Å²) in [4.78, 5) is 31.1. The predicted octanol–water partition coefficient (Wildman–Crippen LogP) is 1.87. The molecule has 0 saturated heterocycles. The number of benzene rings is 1. The molecule has 0 fully saturated rings. The highest BCUT2D eigenvalue weighted by molar-refractivity contribution is 5.88. The lowest BCUT2D eigenvalue weighted by atomic mass is 10.0. The van der Waals surface area contributed by atoms with E-state index in [0.717, 1.165) is 24.2 Å². The van der Waals surface area contributed by atoms with E-state index in [1.54, 1.807) is 18.3 Å². The fourth-order valence-corrected chi connectivity index (χ4v) is 3.14. The van der Waals surface area contributed by atoms with Gasteiger partial charge in [0.2, 0.25) is 11.8 Å². The second-order valence-corrected chi connectivity index (χ2v) is 7.97. The monoisotopic (exact) mass is 433 g/mol. The van der Waals surface area contributed by atoms with Crippen LogP contribution in [0.2, 0.25) is 0 Å². The van der Waals surface area contributed by atoms with Gasteiger partial charge in [0.15, 0.2) is 11.6 Å². The quantitative estimate of drug-likeness (QED) is 0.531. The van der Waals surface area contributed by atoms with Crippen molar-refractivity contribution < 1.29 is 18.4 Å². The van der Waals surface area contributed by atoms with Crippen LogP contribution in [0.15, 0.2) is 36.5 Å². The lowest BCUT2D eigenvalue weighted by Gasteiger charge is -2.22. The Morgan fingerprint density at radius 2 is 1.84 bits per heavy atom. The average Bonchev–Trinajstić information content (AvgIpc) is 2.68. The number of pyridine rings is 1. The molecule has 0 aliphatic heterocycles. The lowest BCUT2D eigenvalue weighted by molar-refractivity contribution is -0.129. The molecular weight excluding hydrogens is 404 g/mol. The summed E-state index contributed by atoms with van der Waals surface area (Å²) in [6.45, 7) is 5.10. The maximum atomic E-state index is 13.6. The van der Waals surface area contributed by atoms with Crippen LogP contribution in [0.3, 0.4) is 0 Å². The maximum absolute atomic E-state index is 13.6. The second-order valence-electron chi connectivity index (χ2n) is 7.97. The van der Waals surface area contributed by atoms with Gasteiger partial charge in [-0.25, -0.2) is 13.8 Å². The zero-order chi connectivity index (χ0) is 23.0. The van der Waals surface area contributed by atoms with Crippen LogP contribution in [-0.4, -0.2) is 47.9 Å². The smallest absolute Gasteiger partial charge is 0.243 e. The summed E-state index contributed by atoms with van der Waals surface area (Å²) in [6, 6.07) is 5.80. The van der Waals surface area contributed by atoms with E-state index in [-0.39, 0.29) is 25.4 Å². The molecule has 9 heteroatoms. The molecule has 0 aliphatic carbocycles. The molecule has 2 aromatic rings. The maximum Gasteiger partial charge on any atom is 0.243 e. The summed E-state index contributed by atoms with van der Waals surface area (Å²) in [5.74, 6) is -2.01. The number of nitrogen functional groups attached to an aromatic ring is 1. The molecule has 168 valence electrons. The summed E-state index contributed by atoms with van der Waals surface area (Å²) >= 11 is 0. The first-order valence-electron chi connectivity index (χ1n) is 10.0. The van der Waals surface area contributed by atoms with E-state index >= 15 is 0 Å². The Balaban J connectivity index is 2.07.